The third kappa shape index (κ3) is 5.16. The summed E-state index contributed by atoms with van der Waals surface area (Å²) >= 11 is 5.35. The highest BCUT2D eigenvalue weighted by molar-refractivity contribution is 7.80. The minimum absolute atomic E-state index is 0.212. The van der Waals surface area contributed by atoms with E-state index in [1.807, 2.05) is 48.2 Å². The number of carbonyl (C=O) groups excluding carboxylic acids is 1. The van der Waals surface area contributed by atoms with Crippen molar-refractivity contribution in [1.29, 1.82) is 0 Å². The normalized spacial score (nSPS) is 14.8. The molecule has 32 heavy (non-hydrogen) atoms. The molecule has 0 bridgehead atoms. The zero-order valence-corrected chi connectivity index (χ0v) is 19.7. The Labute approximate surface area is 194 Å². The lowest BCUT2D eigenvalue weighted by atomic mass is 9.92. The topological polar surface area (TPSA) is 84.1 Å². The maximum Gasteiger partial charge on any atom is 0.322 e. The van der Waals surface area contributed by atoms with E-state index in [0.717, 1.165) is 17.7 Å². The van der Waals surface area contributed by atoms with E-state index in [4.69, 9.17) is 26.4 Å². The summed E-state index contributed by atoms with van der Waals surface area (Å²) in [6, 6.07) is 10.8. The van der Waals surface area contributed by atoms with Crippen LogP contribution in [0.5, 0.6) is 17.2 Å². The average molecular weight is 459 g/mol. The van der Waals surface area contributed by atoms with Crippen molar-refractivity contribution in [2.45, 2.75) is 19.4 Å². The number of ether oxygens (including phenoxy) is 3. The number of hydrogen-bond acceptors (Lipinski definition) is 5. The van der Waals surface area contributed by atoms with E-state index < -0.39 is 0 Å². The van der Waals surface area contributed by atoms with Crippen molar-refractivity contribution >= 4 is 29.0 Å². The molecule has 0 saturated heterocycles. The molecule has 0 fully saturated rings. The van der Waals surface area contributed by atoms with Gasteiger partial charge < -0.3 is 35.1 Å². The number of benzene rings is 2. The number of rotatable bonds is 7. The Kier molecular flexibility index (Phi) is 7.99. The monoisotopic (exact) mass is 458 g/mol. The van der Waals surface area contributed by atoms with Crippen LogP contribution < -0.4 is 30.2 Å². The lowest BCUT2D eigenvalue weighted by molar-refractivity contribution is 0.182. The van der Waals surface area contributed by atoms with Gasteiger partial charge in [0.15, 0.2) is 16.6 Å². The minimum atomic E-state index is -0.259. The van der Waals surface area contributed by atoms with Crippen LogP contribution in [0.1, 0.15) is 24.1 Å². The Bertz CT molecular complexity index is 969. The van der Waals surface area contributed by atoms with Crippen LogP contribution in [0.15, 0.2) is 36.4 Å². The summed E-state index contributed by atoms with van der Waals surface area (Å²) in [7, 11) is 4.80. The van der Waals surface area contributed by atoms with Crippen molar-refractivity contribution in [2.24, 2.45) is 0 Å². The fourth-order valence-electron chi connectivity index (χ4n) is 3.84. The molecule has 2 amide bonds. The van der Waals surface area contributed by atoms with Gasteiger partial charge in [0.2, 0.25) is 0 Å². The van der Waals surface area contributed by atoms with Crippen molar-refractivity contribution in [3.8, 4) is 17.2 Å². The van der Waals surface area contributed by atoms with Crippen LogP contribution in [0.25, 0.3) is 0 Å². The van der Waals surface area contributed by atoms with Crippen LogP contribution in [0.2, 0.25) is 0 Å². The molecule has 1 aliphatic heterocycles. The first-order chi connectivity index (χ1) is 15.5. The molecular formula is C23H30N4O4S. The van der Waals surface area contributed by atoms with Crippen molar-refractivity contribution in [2.75, 3.05) is 46.3 Å². The predicted octanol–water partition coefficient (Wildman–Crippen LogP) is 3.33. The molecular weight excluding hydrogens is 428 g/mol. The van der Waals surface area contributed by atoms with Gasteiger partial charge in [0, 0.05) is 19.6 Å². The molecule has 2 aromatic rings. The maximum atomic E-state index is 13.3. The van der Waals surface area contributed by atoms with Crippen molar-refractivity contribution in [3.05, 3.63) is 47.5 Å². The van der Waals surface area contributed by atoms with E-state index in [2.05, 4.69) is 16.0 Å². The quantitative estimate of drug-likeness (QED) is 0.549. The van der Waals surface area contributed by atoms with E-state index >= 15 is 0 Å². The van der Waals surface area contributed by atoms with Gasteiger partial charge in [-0.3, -0.25) is 0 Å². The molecule has 9 heteroatoms. The third-order valence-corrected chi connectivity index (χ3v) is 5.69. The molecule has 8 nitrogen and oxygen atoms in total. The van der Waals surface area contributed by atoms with Crippen LogP contribution in [0.3, 0.4) is 0 Å². The molecule has 2 aromatic carbocycles. The summed E-state index contributed by atoms with van der Waals surface area (Å²) in [5.74, 6) is 1.90. The largest absolute Gasteiger partial charge is 0.495 e. The first-order valence-electron chi connectivity index (χ1n) is 10.5. The fraction of sp³-hybridized carbons (Fsp3) is 0.391. The number of methoxy groups -OCH3 is 3. The van der Waals surface area contributed by atoms with Gasteiger partial charge in [-0.15, -0.1) is 0 Å². The number of nitrogens with one attached hydrogen (secondary N) is 3. The lowest BCUT2D eigenvalue weighted by Gasteiger charge is -2.38. The summed E-state index contributed by atoms with van der Waals surface area (Å²) in [4.78, 5) is 15.1. The average Bonchev–Trinajstić information content (AvgIpc) is 2.81. The van der Waals surface area contributed by atoms with Gasteiger partial charge in [-0.2, -0.15) is 0 Å². The summed E-state index contributed by atoms with van der Waals surface area (Å²) in [5.41, 5.74) is 2.73. The zero-order valence-electron chi connectivity index (χ0n) is 18.9. The Morgan fingerprint density at radius 1 is 1.06 bits per heavy atom. The second kappa shape index (κ2) is 10.9. The van der Waals surface area contributed by atoms with Crippen molar-refractivity contribution < 1.29 is 19.0 Å². The first-order valence-corrected chi connectivity index (χ1v) is 10.9. The van der Waals surface area contributed by atoms with Crippen LogP contribution in [-0.4, -0.2) is 57.0 Å². The van der Waals surface area contributed by atoms with Crippen LogP contribution in [-0.2, 0) is 6.42 Å². The molecule has 172 valence electrons. The number of nitrogens with zero attached hydrogens (tertiary/aromatic N) is 1. The molecule has 1 unspecified atom stereocenters. The summed E-state index contributed by atoms with van der Waals surface area (Å²) in [6.45, 7) is 3.70. The number of urea groups is 1. The smallest absolute Gasteiger partial charge is 0.322 e. The Morgan fingerprint density at radius 3 is 2.44 bits per heavy atom. The van der Waals surface area contributed by atoms with E-state index in [1.165, 1.54) is 0 Å². The second-order valence-electron chi connectivity index (χ2n) is 7.24. The number of amides is 2. The number of fused-ring (bicyclic) bond motifs is 1. The zero-order chi connectivity index (χ0) is 23.1. The molecule has 1 aliphatic rings. The van der Waals surface area contributed by atoms with E-state index in [0.29, 0.717) is 47.6 Å². The van der Waals surface area contributed by atoms with Crippen LogP contribution in [0.4, 0.5) is 10.5 Å². The standard InChI is InChI=1S/C23H30N4O4S/c1-5-24-22(32)25-14-18-16-13-21(31-4)20(30-3)12-15(16)10-11-27(18)23(28)26-17-8-6-7-9-19(17)29-2/h6-9,12-13,18H,5,10-11,14H2,1-4H3,(H,26,28)(H2,24,25,32). The highest BCUT2D eigenvalue weighted by atomic mass is 32.1. The Balaban J connectivity index is 1.92. The molecule has 0 saturated carbocycles. The fourth-order valence-corrected chi connectivity index (χ4v) is 4.07. The van der Waals surface area contributed by atoms with Crippen molar-refractivity contribution in [3.63, 3.8) is 0 Å². The van der Waals surface area contributed by atoms with Crippen LogP contribution >= 0.6 is 12.2 Å². The SMILES string of the molecule is CCNC(=S)NCC1c2cc(OC)c(OC)cc2CCN1C(=O)Nc1ccccc1OC. The minimum Gasteiger partial charge on any atom is -0.495 e. The predicted molar refractivity (Wildman–Crippen MR) is 129 cm³/mol. The van der Waals surface area contributed by atoms with Gasteiger partial charge in [0.05, 0.1) is 33.1 Å². The molecule has 1 atom stereocenters. The number of para-hydroxylation sites is 2. The molecule has 0 spiro atoms. The van der Waals surface area contributed by atoms with E-state index in [9.17, 15) is 4.79 Å². The van der Waals surface area contributed by atoms with Crippen molar-refractivity contribution in [1.82, 2.24) is 15.5 Å². The van der Waals surface area contributed by atoms with Gasteiger partial charge >= 0.3 is 6.03 Å². The van der Waals surface area contributed by atoms with Gasteiger partial charge in [-0.1, -0.05) is 12.1 Å². The molecule has 0 radical (unpaired) electrons. The van der Waals surface area contributed by atoms with Crippen LogP contribution in [0, 0.1) is 0 Å². The van der Waals surface area contributed by atoms with Gasteiger partial charge in [-0.25, -0.2) is 4.79 Å². The number of thiocarbonyl (C=S) groups is 1. The van der Waals surface area contributed by atoms with Gasteiger partial charge in [-0.05, 0) is 61.0 Å². The van der Waals surface area contributed by atoms with E-state index in [-0.39, 0.29) is 12.1 Å². The number of carbonyl (C=O) groups is 1. The lowest BCUT2D eigenvalue weighted by Crippen LogP contribution is -2.48. The Morgan fingerprint density at radius 2 is 1.75 bits per heavy atom. The second-order valence-corrected chi connectivity index (χ2v) is 7.64. The molecule has 1 heterocycles. The number of anilines is 1. The molecule has 3 N–H and O–H groups in total. The summed E-state index contributed by atoms with van der Waals surface area (Å²) in [6.07, 6.45) is 0.698. The third-order valence-electron chi connectivity index (χ3n) is 5.41. The highest BCUT2D eigenvalue weighted by Gasteiger charge is 2.32. The summed E-state index contributed by atoms with van der Waals surface area (Å²) in [5, 5.41) is 9.85. The van der Waals surface area contributed by atoms with Gasteiger partial charge in [0.1, 0.15) is 5.75 Å². The molecule has 0 aromatic heterocycles. The highest BCUT2D eigenvalue weighted by Crippen LogP contribution is 2.38. The Hall–Kier alpha value is -3.20. The first kappa shape index (κ1) is 23.5. The molecule has 3 rings (SSSR count). The van der Waals surface area contributed by atoms with E-state index in [1.54, 1.807) is 21.3 Å². The van der Waals surface area contributed by atoms with Gasteiger partial charge in [0.25, 0.3) is 0 Å². The maximum absolute atomic E-state index is 13.3. The molecule has 0 aliphatic carbocycles. The summed E-state index contributed by atoms with van der Waals surface area (Å²) < 4.78 is 16.4. The number of hydrogen-bond donors (Lipinski definition) is 3.